The van der Waals surface area contributed by atoms with E-state index in [4.69, 9.17) is 9.15 Å². The van der Waals surface area contributed by atoms with Crippen LogP contribution in [0.15, 0.2) is 59.0 Å². The Morgan fingerprint density at radius 3 is 2.66 bits per heavy atom. The summed E-state index contributed by atoms with van der Waals surface area (Å²) in [5.74, 6) is 0.246. The van der Waals surface area contributed by atoms with E-state index in [-0.39, 0.29) is 29.5 Å². The van der Waals surface area contributed by atoms with Gasteiger partial charge in [-0.1, -0.05) is 31.2 Å². The molecule has 0 aliphatic rings. The van der Waals surface area contributed by atoms with E-state index in [2.05, 4.69) is 5.32 Å². The lowest BCUT2D eigenvalue weighted by molar-refractivity contribution is -0.384. The molecule has 0 atom stereocenters. The fourth-order valence-corrected chi connectivity index (χ4v) is 2.61. The van der Waals surface area contributed by atoms with Gasteiger partial charge in [0.15, 0.2) is 6.61 Å². The maximum atomic E-state index is 12.2. The number of aryl methyl sites for hydroxylation is 1. The van der Waals surface area contributed by atoms with Crippen LogP contribution < -0.4 is 10.1 Å². The van der Waals surface area contributed by atoms with E-state index >= 15 is 0 Å². The summed E-state index contributed by atoms with van der Waals surface area (Å²) in [6, 6.07) is 16.5. The summed E-state index contributed by atoms with van der Waals surface area (Å²) < 4.78 is 11.0. The van der Waals surface area contributed by atoms with Crippen LogP contribution in [-0.2, 0) is 11.2 Å². The Bertz CT molecular complexity index is 1080. The second kappa shape index (κ2) is 8.71. The molecule has 0 aliphatic heterocycles. The maximum Gasteiger partial charge on any atom is 0.270 e. The SMILES string of the molecule is CCc1ccc(OCC(=O)Nc2oc(-c3cccc([N+](=O)[O-])c3)cc2C#N)cc1. The van der Waals surface area contributed by atoms with E-state index in [1.54, 1.807) is 18.2 Å². The molecule has 0 unspecified atom stereocenters. The molecule has 29 heavy (non-hydrogen) atoms. The first-order chi connectivity index (χ1) is 14.0. The Morgan fingerprint density at radius 2 is 2.00 bits per heavy atom. The Hall–Kier alpha value is -4.12. The van der Waals surface area contributed by atoms with Crippen molar-refractivity contribution < 1.29 is 18.9 Å². The number of amides is 1. The molecular weight excluding hydrogens is 374 g/mol. The van der Waals surface area contributed by atoms with Crippen LogP contribution in [-0.4, -0.2) is 17.4 Å². The predicted molar refractivity (Wildman–Crippen MR) is 105 cm³/mol. The van der Waals surface area contributed by atoms with Crippen molar-refractivity contribution in [2.24, 2.45) is 0 Å². The molecule has 8 nitrogen and oxygen atoms in total. The molecule has 1 N–H and O–H groups in total. The van der Waals surface area contributed by atoms with Gasteiger partial charge in [-0.3, -0.25) is 20.2 Å². The molecular formula is C21H17N3O5. The van der Waals surface area contributed by atoms with Gasteiger partial charge in [-0.25, -0.2) is 0 Å². The molecule has 1 amide bonds. The number of furan rings is 1. The topological polar surface area (TPSA) is 118 Å². The first-order valence-electron chi connectivity index (χ1n) is 8.80. The van der Waals surface area contributed by atoms with Crippen molar-refractivity contribution in [3.63, 3.8) is 0 Å². The number of non-ortho nitro benzene ring substituents is 1. The first kappa shape index (κ1) is 19.6. The summed E-state index contributed by atoms with van der Waals surface area (Å²) >= 11 is 0. The number of benzene rings is 2. The predicted octanol–water partition coefficient (Wildman–Crippen LogP) is 4.31. The van der Waals surface area contributed by atoms with Gasteiger partial charge >= 0.3 is 0 Å². The summed E-state index contributed by atoms with van der Waals surface area (Å²) in [6.07, 6.45) is 0.906. The average Bonchev–Trinajstić information content (AvgIpc) is 3.15. The third-order valence-corrected chi connectivity index (χ3v) is 4.15. The molecule has 3 aromatic rings. The highest BCUT2D eigenvalue weighted by Crippen LogP contribution is 2.30. The molecule has 0 aliphatic carbocycles. The lowest BCUT2D eigenvalue weighted by Gasteiger charge is -2.07. The lowest BCUT2D eigenvalue weighted by atomic mass is 10.1. The van der Waals surface area contributed by atoms with Gasteiger partial charge in [-0.2, -0.15) is 5.26 Å². The number of nitriles is 1. The molecule has 0 fully saturated rings. The number of hydrogen-bond donors (Lipinski definition) is 1. The van der Waals surface area contributed by atoms with Crippen LogP contribution >= 0.6 is 0 Å². The quantitative estimate of drug-likeness (QED) is 0.474. The number of anilines is 1. The van der Waals surface area contributed by atoms with E-state index in [1.807, 2.05) is 25.1 Å². The Balaban J connectivity index is 1.70. The summed E-state index contributed by atoms with van der Waals surface area (Å²) in [5.41, 5.74) is 1.57. The van der Waals surface area contributed by atoms with Crippen LogP contribution in [0.2, 0.25) is 0 Å². The van der Waals surface area contributed by atoms with Crippen molar-refractivity contribution in [1.82, 2.24) is 0 Å². The van der Waals surface area contributed by atoms with Gasteiger partial charge in [-0.15, -0.1) is 0 Å². The van der Waals surface area contributed by atoms with E-state index in [0.717, 1.165) is 12.0 Å². The fraction of sp³-hybridized carbons (Fsp3) is 0.143. The van der Waals surface area contributed by atoms with Gasteiger partial charge in [0.2, 0.25) is 5.88 Å². The second-order valence-corrected chi connectivity index (χ2v) is 6.11. The maximum absolute atomic E-state index is 12.2. The average molecular weight is 391 g/mol. The third kappa shape index (κ3) is 4.78. The Labute approximate surface area is 166 Å². The van der Waals surface area contributed by atoms with Crippen LogP contribution in [0.1, 0.15) is 18.1 Å². The van der Waals surface area contributed by atoms with Crippen LogP contribution in [0, 0.1) is 21.4 Å². The van der Waals surface area contributed by atoms with Crippen LogP contribution in [0.3, 0.4) is 0 Å². The highest BCUT2D eigenvalue weighted by Gasteiger charge is 2.17. The zero-order valence-corrected chi connectivity index (χ0v) is 15.5. The van der Waals surface area contributed by atoms with Crippen molar-refractivity contribution in [3.8, 4) is 23.1 Å². The molecule has 8 heteroatoms. The zero-order chi connectivity index (χ0) is 20.8. The number of carbonyl (C=O) groups excluding carboxylic acids is 1. The summed E-state index contributed by atoms with van der Waals surface area (Å²) in [6.45, 7) is 1.78. The second-order valence-electron chi connectivity index (χ2n) is 6.11. The number of nitrogens with zero attached hydrogens (tertiary/aromatic N) is 2. The molecule has 3 rings (SSSR count). The van der Waals surface area contributed by atoms with Crippen molar-refractivity contribution in [2.45, 2.75) is 13.3 Å². The number of hydrogen-bond acceptors (Lipinski definition) is 6. The first-order valence-corrected chi connectivity index (χ1v) is 8.80. The summed E-state index contributed by atoms with van der Waals surface area (Å²) in [4.78, 5) is 22.6. The molecule has 0 bridgehead atoms. The molecule has 146 valence electrons. The highest BCUT2D eigenvalue weighted by molar-refractivity contribution is 5.92. The van der Waals surface area contributed by atoms with Crippen molar-refractivity contribution in [1.29, 1.82) is 5.26 Å². The normalized spacial score (nSPS) is 10.2. The van der Waals surface area contributed by atoms with Crippen molar-refractivity contribution in [2.75, 3.05) is 11.9 Å². The minimum atomic E-state index is -0.523. The van der Waals surface area contributed by atoms with Crippen molar-refractivity contribution >= 4 is 17.5 Å². The van der Waals surface area contributed by atoms with E-state index in [1.165, 1.54) is 24.3 Å². The standard InChI is InChI=1S/C21H17N3O5/c1-2-14-6-8-18(9-7-14)28-13-20(25)23-21-16(12-22)11-19(29-21)15-4-3-5-17(10-15)24(26)27/h3-11H,2,13H2,1H3,(H,23,25). The van der Waals surface area contributed by atoms with E-state index < -0.39 is 10.8 Å². The van der Waals surface area contributed by atoms with Gasteiger partial charge in [0.05, 0.1) is 4.92 Å². The number of nitrogens with one attached hydrogen (secondary N) is 1. The summed E-state index contributed by atoms with van der Waals surface area (Å²) in [5, 5.41) is 22.7. The summed E-state index contributed by atoms with van der Waals surface area (Å²) in [7, 11) is 0. The highest BCUT2D eigenvalue weighted by atomic mass is 16.6. The molecule has 2 aromatic carbocycles. The zero-order valence-electron chi connectivity index (χ0n) is 15.5. The number of ether oxygens (including phenoxy) is 1. The third-order valence-electron chi connectivity index (χ3n) is 4.15. The van der Waals surface area contributed by atoms with Crippen molar-refractivity contribution in [3.05, 3.63) is 75.8 Å². The Kier molecular flexibility index (Phi) is 5.90. The number of rotatable bonds is 7. The Morgan fingerprint density at radius 1 is 1.24 bits per heavy atom. The van der Waals surface area contributed by atoms with Crippen LogP contribution in [0.5, 0.6) is 5.75 Å². The van der Waals surface area contributed by atoms with Crippen LogP contribution in [0.25, 0.3) is 11.3 Å². The lowest BCUT2D eigenvalue weighted by Crippen LogP contribution is -2.20. The molecule has 0 radical (unpaired) electrons. The van der Waals surface area contributed by atoms with Gasteiger partial charge in [0.25, 0.3) is 11.6 Å². The molecule has 1 heterocycles. The van der Waals surface area contributed by atoms with Gasteiger partial charge in [-0.05, 0) is 24.1 Å². The van der Waals surface area contributed by atoms with E-state index in [0.29, 0.717) is 11.3 Å². The number of nitro benzene ring substituents is 1. The van der Waals surface area contributed by atoms with Crippen LogP contribution in [0.4, 0.5) is 11.6 Å². The largest absolute Gasteiger partial charge is 0.484 e. The minimum absolute atomic E-state index is 0.0380. The van der Waals surface area contributed by atoms with Gasteiger partial charge in [0.1, 0.15) is 23.1 Å². The van der Waals surface area contributed by atoms with E-state index in [9.17, 15) is 20.2 Å². The van der Waals surface area contributed by atoms with Gasteiger partial charge < -0.3 is 9.15 Å². The number of carbonyl (C=O) groups is 1. The van der Waals surface area contributed by atoms with Gasteiger partial charge in [0, 0.05) is 23.8 Å². The molecule has 0 saturated heterocycles. The molecule has 0 spiro atoms. The smallest absolute Gasteiger partial charge is 0.270 e. The molecule has 1 aromatic heterocycles. The monoisotopic (exact) mass is 391 g/mol. The minimum Gasteiger partial charge on any atom is -0.484 e. The fourth-order valence-electron chi connectivity index (χ4n) is 2.61. The number of nitro groups is 1. The molecule has 0 saturated carbocycles.